The van der Waals surface area contributed by atoms with Crippen molar-refractivity contribution >= 4 is 21.6 Å². The minimum Gasteiger partial charge on any atom is -0.496 e. The standard InChI is InChI=1S/C17H20ClNO4S/c1-12-10-14(24(21,22)19-9-8-18)6-7-15(12)17-13(11-20)4-3-5-16(17)23-2/h3-7,10,19-20H,8-9,11H2,1-2H3. The summed E-state index contributed by atoms with van der Waals surface area (Å²) in [6.07, 6.45) is 0. The molecule has 0 heterocycles. The number of nitrogens with one attached hydrogen (secondary N) is 1. The summed E-state index contributed by atoms with van der Waals surface area (Å²) in [6.45, 7) is 1.86. The number of rotatable bonds is 7. The lowest BCUT2D eigenvalue weighted by Gasteiger charge is -2.16. The molecule has 0 saturated carbocycles. The Kier molecular flexibility index (Phi) is 6.23. The number of benzene rings is 2. The topological polar surface area (TPSA) is 75.6 Å². The molecule has 0 unspecified atom stereocenters. The van der Waals surface area contributed by atoms with Crippen molar-refractivity contribution in [1.82, 2.24) is 4.72 Å². The summed E-state index contributed by atoms with van der Waals surface area (Å²) in [6, 6.07) is 10.3. The van der Waals surface area contributed by atoms with Gasteiger partial charge in [-0.05, 0) is 41.8 Å². The zero-order chi connectivity index (χ0) is 17.7. The van der Waals surface area contributed by atoms with Crippen molar-refractivity contribution in [3.05, 3.63) is 47.5 Å². The smallest absolute Gasteiger partial charge is 0.240 e. The highest BCUT2D eigenvalue weighted by molar-refractivity contribution is 7.89. The first-order chi connectivity index (χ1) is 11.4. The minimum absolute atomic E-state index is 0.136. The van der Waals surface area contributed by atoms with Crippen LogP contribution >= 0.6 is 11.6 Å². The Labute approximate surface area is 147 Å². The van der Waals surface area contributed by atoms with Crippen LogP contribution in [0.5, 0.6) is 5.75 Å². The summed E-state index contributed by atoms with van der Waals surface area (Å²) in [7, 11) is -2.03. The van der Waals surface area contributed by atoms with Gasteiger partial charge in [-0.2, -0.15) is 0 Å². The van der Waals surface area contributed by atoms with Gasteiger partial charge in [-0.3, -0.25) is 0 Å². The fourth-order valence-electron chi connectivity index (χ4n) is 2.52. The third-order valence-corrected chi connectivity index (χ3v) is 5.31. The SMILES string of the molecule is COc1cccc(CO)c1-c1ccc(S(=O)(=O)NCCCl)cc1C. The Bertz CT molecular complexity index is 799. The van der Waals surface area contributed by atoms with Gasteiger partial charge in [0.15, 0.2) is 0 Å². The molecule has 0 atom stereocenters. The first-order valence-corrected chi connectivity index (χ1v) is 9.39. The lowest BCUT2D eigenvalue weighted by atomic mass is 9.95. The van der Waals surface area contributed by atoms with Crippen molar-refractivity contribution < 1.29 is 18.3 Å². The third-order valence-electron chi connectivity index (χ3n) is 3.67. The summed E-state index contributed by atoms with van der Waals surface area (Å²) in [5.74, 6) is 0.831. The number of sulfonamides is 1. The Morgan fingerprint density at radius 3 is 2.58 bits per heavy atom. The van der Waals surface area contributed by atoms with Gasteiger partial charge in [0.05, 0.1) is 18.6 Å². The van der Waals surface area contributed by atoms with Crippen molar-refractivity contribution in [2.24, 2.45) is 0 Å². The number of methoxy groups -OCH3 is 1. The molecule has 24 heavy (non-hydrogen) atoms. The molecule has 130 valence electrons. The second-order valence-electron chi connectivity index (χ2n) is 5.22. The molecule has 7 heteroatoms. The highest BCUT2D eigenvalue weighted by atomic mass is 35.5. The number of hydrogen-bond donors (Lipinski definition) is 2. The zero-order valence-corrected chi connectivity index (χ0v) is 15.1. The van der Waals surface area contributed by atoms with Crippen LogP contribution in [0.3, 0.4) is 0 Å². The van der Waals surface area contributed by atoms with Crippen molar-refractivity contribution in [3.8, 4) is 16.9 Å². The normalized spacial score (nSPS) is 11.5. The summed E-state index contributed by atoms with van der Waals surface area (Å²) < 4.78 is 32.2. The van der Waals surface area contributed by atoms with Gasteiger partial charge < -0.3 is 9.84 Å². The van der Waals surface area contributed by atoms with Crippen molar-refractivity contribution in [2.75, 3.05) is 19.5 Å². The Balaban J connectivity index is 2.53. The highest BCUT2D eigenvalue weighted by Crippen LogP contribution is 2.36. The van der Waals surface area contributed by atoms with Crippen LogP contribution < -0.4 is 9.46 Å². The number of ether oxygens (including phenoxy) is 1. The van der Waals surface area contributed by atoms with Gasteiger partial charge in [0.25, 0.3) is 0 Å². The molecular formula is C17H20ClNO4S. The fraction of sp³-hybridized carbons (Fsp3) is 0.294. The molecule has 0 bridgehead atoms. The zero-order valence-electron chi connectivity index (χ0n) is 13.5. The predicted octanol–water partition coefficient (Wildman–Crippen LogP) is 2.68. The molecule has 2 N–H and O–H groups in total. The average Bonchev–Trinajstić information content (AvgIpc) is 2.59. The molecule has 0 spiro atoms. The lowest BCUT2D eigenvalue weighted by molar-refractivity contribution is 0.281. The van der Waals surface area contributed by atoms with E-state index in [1.54, 1.807) is 31.4 Å². The van der Waals surface area contributed by atoms with E-state index in [1.807, 2.05) is 13.0 Å². The summed E-state index contributed by atoms with van der Waals surface area (Å²) in [5.41, 5.74) is 3.06. The Morgan fingerprint density at radius 2 is 2.00 bits per heavy atom. The molecule has 0 aliphatic rings. The van der Waals surface area contributed by atoms with E-state index in [4.69, 9.17) is 16.3 Å². The van der Waals surface area contributed by atoms with Crippen LogP contribution in [0.1, 0.15) is 11.1 Å². The first-order valence-electron chi connectivity index (χ1n) is 7.38. The molecule has 0 aliphatic carbocycles. The van der Waals surface area contributed by atoms with Crippen LogP contribution in [0.15, 0.2) is 41.3 Å². The largest absolute Gasteiger partial charge is 0.496 e. The van der Waals surface area contributed by atoms with Crippen LogP contribution in [0.4, 0.5) is 0 Å². The van der Waals surface area contributed by atoms with Crippen molar-refractivity contribution in [1.29, 1.82) is 0 Å². The van der Waals surface area contributed by atoms with E-state index < -0.39 is 10.0 Å². The second-order valence-corrected chi connectivity index (χ2v) is 7.36. The molecular weight excluding hydrogens is 350 g/mol. The van der Waals surface area contributed by atoms with E-state index in [9.17, 15) is 13.5 Å². The maximum absolute atomic E-state index is 12.2. The number of halogens is 1. The molecule has 0 amide bonds. The van der Waals surface area contributed by atoms with Crippen LogP contribution in [0, 0.1) is 6.92 Å². The average molecular weight is 370 g/mol. The van der Waals surface area contributed by atoms with E-state index in [0.29, 0.717) is 11.3 Å². The number of aliphatic hydroxyl groups excluding tert-OH is 1. The van der Waals surface area contributed by atoms with Crippen molar-refractivity contribution in [2.45, 2.75) is 18.4 Å². The molecule has 0 saturated heterocycles. The van der Waals surface area contributed by atoms with Gasteiger partial charge in [0.2, 0.25) is 10.0 Å². The predicted molar refractivity (Wildman–Crippen MR) is 95.0 cm³/mol. The van der Waals surface area contributed by atoms with E-state index >= 15 is 0 Å². The summed E-state index contributed by atoms with van der Waals surface area (Å²) in [4.78, 5) is 0.175. The molecule has 0 radical (unpaired) electrons. The fourth-order valence-corrected chi connectivity index (χ4v) is 3.85. The molecule has 0 fully saturated rings. The first kappa shape index (κ1) is 18.7. The third kappa shape index (κ3) is 3.89. The second kappa shape index (κ2) is 7.98. The van der Waals surface area contributed by atoms with E-state index in [2.05, 4.69) is 4.72 Å². The van der Waals surface area contributed by atoms with Gasteiger partial charge in [-0.1, -0.05) is 18.2 Å². The van der Waals surface area contributed by atoms with E-state index in [-0.39, 0.29) is 23.9 Å². The van der Waals surface area contributed by atoms with Gasteiger partial charge in [-0.25, -0.2) is 13.1 Å². The van der Waals surface area contributed by atoms with E-state index in [1.165, 1.54) is 6.07 Å². The highest BCUT2D eigenvalue weighted by Gasteiger charge is 2.17. The number of alkyl halides is 1. The van der Waals surface area contributed by atoms with Gasteiger partial charge >= 0.3 is 0 Å². The van der Waals surface area contributed by atoms with Gasteiger partial charge in [0, 0.05) is 18.0 Å². The van der Waals surface area contributed by atoms with E-state index in [0.717, 1.165) is 16.7 Å². The maximum atomic E-state index is 12.2. The van der Waals surface area contributed by atoms with Crippen LogP contribution in [-0.4, -0.2) is 33.1 Å². The number of aliphatic hydroxyl groups is 1. The molecule has 0 aromatic heterocycles. The molecule has 2 rings (SSSR count). The summed E-state index contributed by atoms with van der Waals surface area (Å²) in [5, 5.41) is 9.60. The number of hydrogen-bond acceptors (Lipinski definition) is 4. The number of aryl methyl sites for hydroxylation is 1. The lowest BCUT2D eigenvalue weighted by Crippen LogP contribution is -2.25. The van der Waals surface area contributed by atoms with Crippen molar-refractivity contribution in [3.63, 3.8) is 0 Å². The van der Waals surface area contributed by atoms with Crippen LogP contribution in [0.2, 0.25) is 0 Å². The molecule has 2 aromatic carbocycles. The van der Waals surface area contributed by atoms with Crippen LogP contribution in [-0.2, 0) is 16.6 Å². The quantitative estimate of drug-likeness (QED) is 0.736. The van der Waals surface area contributed by atoms with Gasteiger partial charge in [0.1, 0.15) is 5.75 Å². The summed E-state index contributed by atoms with van der Waals surface area (Å²) >= 11 is 5.53. The maximum Gasteiger partial charge on any atom is 0.240 e. The molecule has 0 aliphatic heterocycles. The van der Waals surface area contributed by atoms with Gasteiger partial charge in [-0.15, -0.1) is 11.6 Å². The monoisotopic (exact) mass is 369 g/mol. The molecule has 5 nitrogen and oxygen atoms in total. The minimum atomic E-state index is -3.59. The van der Waals surface area contributed by atoms with Crippen LogP contribution in [0.25, 0.3) is 11.1 Å². The molecule has 2 aromatic rings. The Hall–Kier alpha value is -1.60. The Morgan fingerprint density at radius 1 is 1.25 bits per heavy atom.